The summed E-state index contributed by atoms with van der Waals surface area (Å²) in [5.41, 5.74) is 6.91. The third-order valence-corrected chi connectivity index (χ3v) is 7.37. The Morgan fingerprint density at radius 1 is 0.824 bits per heavy atom. The third kappa shape index (κ3) is 5.09. The van der Waals surface area contributed by atoms with Crippen LogP contribution in [0.5, 0.6) is 0 Å². The van der Waals surface area contributed by atoms with Crippen molar-refractivity contribution in [3.63, 3.8) is 0 Å². The van der Waals surface area contributed by atoms with Crippen LogP contribution in [0, 0.1) is 19.7 Å². The molecule has 0 bridgehead atoms. The first-order valence-electron chi connectivity index (χ1n) is 11.9. The second kappa shape index (κ2) is 9.98. The van der Waals surface area contributed by atoms with Crippen molar-refractivity contribution < 1.29 is 4.39 Å². The Bertz CT molecular complexity index is 1310. The van der Waals surface area contributed by atoms with Gasteiger partial charge in [0.2, 0.25) is 0 Å². The van der Waals surface area contributed by atoms with Gasteiger partial charge in [-0.25, -0.2) is 9.37 Å². The molecule has 34 heavy (non-hydrogen) atoms. The van der Waals surface area contributed by atoms with E-state index in [0.29, 0.717) is 6.54 Å². The van der Waals surface area contributed by atoms with Crippen LogP contribution in [-0.4, -0.2) is 45.5 Å². The van der Waals surface area contributed by atoms with E-state index in [9.17, 15) is 4.39 Å². The van der Waals surface area contributed by atoms with Gasteiger partial charge in [-0.2, -0.15) is 0 Å². The molecule has 176 valence electrons. The molecule has 0 spiro atoms. The minimum atomic E-state index is -0.134. The number of hydrogen-bond donors (Lipinski definition) is 0. The number of aromatic nitrogens is 2. The van der Waals surface area contributed by atoms with E-state index in [0.717, 1.165) is 60.6 Å². The lowest BCUT2D eigenvalue weighted by atomic mass is 10.1. The number of benzene rings is 3. The molecule has 0 aliphatic carbocycles. The Labute approximate surface area is 209 Å². The zero-order valence-electron chi connectivity index (χ0n) is 19.8. The molecule has 0 radical (unpaired) electrons. The molecule has 0 N–H and O–H groups in total. The fourth-order valence-electron chi connectivity index (χ4n) is 4.72. The molecule has 0 saturated carbocycles. The molecule has 0 atom stereocenters. The van der Waals surface area contributed by atoms with Crippen LogP contribution < -0.4 is 0 Å². The Morgan fingerprint density at radius 2 is 1.56 bits per heavy atom. The molecule has 1 fully saturated rings. The van der Waals surface area contributed by atoms with Crippen LogP contribution >= 0.6 is 15.9 Å². The quantitative estimate of drug-likeness (QED) is 0.315. The van der Waals surface area contributed by atoms with E-state index in [2.05, 4.69) is 86.6 Å². The summed E-state index contributed by atoms with van der Waals surface area (Å²) in [5.74, 6) is 0.969. The second-order valence-electron chi connectivity index (χ2n) is 9.31. The van der Waals surface area contributed by atoms with Gasteiger partial charge < -0.3 is 4.57 Å². The summed E-state index contributed by atoms with van der Waals surface area (Å²) in [5, 5.41) is 0. The van der Waals surface area contributed by atoms with Crippen LogP contribution in [0.15, 0.2) is 65.1 Å². The first kappa shape index (κ1) is 23.2. The van der Waals surface area contributed by atoms with Crippen molar-refractivity contribution >= 4 is 27.0 Å². The van der Waals surface area contributed by atoms with E-state index >= 15 is 0 Å². The molecule has 3 aromatic carbocycles. The maximum absolute atomic E-state index is 14.2. The molecule has 1 aromatic heterocycles. The molecule has 6 heteroatoms. The maximum atomic E-state index is 14.2. The number of para-hydroxylation sites is 2. The van der Waals surface area contributed by atoms with Gasteiger partial charge in [0.25, 0.3) is 0 Å². The fourth-order valence-corrected chi connectivity index (χ4v) is 5.13. The highest BCUT2D eigenvalue weighted by molar-refractivity contribution is 9.10. The van der Waals surface area contributed by atoms with Crippen LogP contribution in [-0.2, 0) is 19.6 Å². The highest BCUT2D eigenvalue weighted by Gasteiger charge is 2.21. The van der Waals surface area contributed by atoms with Crippen LogP contribution in [0.3, 0.4) is 0 Å². The molecule has 4 aromatic rings. The smallest absolute Gasteiger partial charge is 0.127 e. The highest BCUT2D eigenvalue weighted by Crippen LogP contribution is 2.22. The van der Waals surface area contributed by atoms with Crippen LogP contribution in [0.25, 0.3) is 11.0 Å². The Kier molecular flexibility index (Phi) is 6.82. The minimum Gasteiger partial charge on any atom is -0.322 e. The van der Waals surface area contributed by atoms with Crippen LogP contribution in [0.2, 0.25) is 0 Å². The number of imidazole rings is 1. The summed E-state index contributed by atoms with van der Waals surface area (Å²) >= 11 is 3.46. The van der Waals surface area contributed by atoms with Crippen molar-refractivity contribution in [3.05, 3.63) is 99.0 Å². The number of nitrogens with zero attached hydrogens (tertiary/aromatic N) is 4. The van der Waals surface area contributed by atoms with E-state index in [1.165, 1.54) is 28.3 Å². The van der Waals surface area contributed by atoms with Crippen molar-refractivity contribution in [1.82, 2.24) is 19.4 Å². The summed E-state index contributed by atoms with van der Waals surface area (Å²) in [6.45, 7) is 10.3. The van der Waals surface area contributed by atoms with Gasteiger partial charge >= 0.3 is 0 Å². The molecule has 0 amide bonds. The predicted octanol–water partition coefficient (Wildman–Crippen LogP) is 5.92. The van der Waals surface area contributed by atoms with Crippen molar-refractivity contribution in [2.75, 3.05) is 26.2 Å². The summed E-state index contributed by atoms with van der Waals surface area (Å²) in [6.07, 6.45) is 0. The van der Waals surface area contributed by atoms with Crippen LogP contribution in [0.4, 0.5) is 4.39 Å². The molecule has 5 rings (SSSR count). The lowest BCUT2D eigenvalue weighted by Crippen LogP contribution is -2.45. The molecule has 1 aliphatic heterocycles. The van der Waals surface area contributed by atoms with Crippen LogP contribution in [0.1, 0.15) is 28.1 Å². The largest absolute Gasteiger partial charge is 0.322 e. The highest BCUT2D eigenvalue weighted by atomic mass is 79.9. The van der Waals surface area contributed by atoms with Gasteiger partial charge in [-0.15, -0.1) is 0 Å². The van der Waals surface area contributed by atoms with Crippen molar-refractivity contribution in [2.45, 2.75) is 33.5 Å². The lowest BCUT2D eigenvalue weighted by molar-refractivity contribution is 0.118. The summed E-state index contributed by atoms with van der Waals surface area (Å²) < 4.78 is 17.5. The number of aryl methyl sites for hydroxylation is 2. The molecule has 1 aliphatic rings. The molecule has 2 heterocycles. The van der Waals surface area contributed by atoms with Crippen molar-refractivity contribution in [2.24, 2.45) is 0 Å². The molecular formula is C28H30BrFN4. The number of fused-ring (bicyclic) bond motifs is 1. The van der Waals surface area contributed by atoms with Gasteiger partial charge in [0.1, 0.15) is 11.6 Å². The standard InChI is InChI=1S/C28H30BrFN4/c1-20-7-8-22(15-21(20)2)17-34-27-6-4-3-5-26(27)31-28(34)19-33-13-11-32(12-14-33)18-23-16-24(29)9-10-25(23)30/h3-10,15-16H,11-14,17-19H2,1-2H3. The van der Waals surface area contributed by atoms with Gasteiger partial charge in [0.15, 0.2) is 0 Å². The minimum absolute atomic E-state index is 0.134. The topological polar surface area (TPSA) is 24.3 Å². The Balaban J connectivity index is 1.30. The van der Waals surface area contributed by atoms with Gasteiger partial charge in [0.05, 0.1) is 17.6 Å². The zero-order chi connectivity index (χ0) is 23.7. The molecule has 0 unspecified atom stereocenters. The first-order valence-corrected chi connectivity index (χ1v) is 12.6. The van der Waals surface area contributed by atoms with Crippen molar-refractivity contribution in [3.8, 4) is 0 Å². The normalized spacial score (nSPS) is 15.3. The van der Waals surface area contributed by atoms with E-state index < -0.39 is 0 Å². The van der Waals surface area contributed by atoms with Gasteiger partial charge in [0, 0.05) is 49.3 Å². The SMILES string of the molecule is Cc1ccc(Cn2c(CN3CCN(Cc4cc(Br)ccc4F)CC3)nc3ccccc32)cc1C. The average Bonchev–Trinajstić information content (AvgIpc) is 3.17. The molecule has 4 nitrogen and oxygen atoms in total. The van der Waals surface area contributed by atoms with Gasteiger partial charge in [-0.3, -0.25) is 9.80 Å². The van der Waals surface area contributed by atoms with E-state index in [-0.39, 0.29) is 5.82 Å². The van der Waals surface area contributed by atoms with Gasteiger partial charge in [-0.05, 0) is 60.9 Å². The number of piperazine rings is 1. The van der Waals surface area contributed by atoms with E-state index in [1.54, 1.807) is 6.07 Å². The third-order valence-electron chi connectivity index (χ3n) is 6.88. The fraction of sp³-hybridized carbons (Fsp3) is 0.321. The number of rotatable bonds is 6. The van der Waals surface area contributed by atoms with E-state index in [1.807, 2.05) is 6.07 Å². The van der Waals surface area contributed by atoms with Gasteiger partial charge in [-0.1, -0.05) is 46.3 Å². The Hall–Kier alpha value is -2.54. The predicted molar refractivity (Wildman–Crippen MR) is 139 cm³/mol. The Morgan fingerprint density at radius 3 is 2.32 bits per heavy atom. The molecular weight excluding hydrogens is 491 g/mol. The van der Waals surface area contributed by atoms with E-state index in [4.69, 9.17) is 4.98 Å². The second-order valence-corrected chi connectivity index (χ2v) is 10.2. The lowest BCUT2D eigenvalue weighted by Gasteiger charge is -2.34. The van der Waals surface area contributed by atoms with Crippen molar-refractivity contribution in [1.29, 1.82) is 0 Å². The first-order chi connectivity index (χ1) is 16.5. The summed E-state index contributed by atoms with van der Waals surface area (Å²) in [4.78, 5) is 9.80. The number of halogens is 2. The monoisotopic (exact) mass is 520 g/mol. The molecule has 1 saturated heterocycles. The average molecular weight is 521 g/mol. The zero-order valence-corrected chi connectivity index (χ0v) is 21.4. The number of hydrogen-bond acceptors (Lipinski definition) is 3. The maximum Gasteiger partial charge on any atom is 0.127 e. The summed E-state index contributed by atoms with van der Waals surface area (Å²) in [7, 11) is 0. The summed E-state index contributed by atoms with van der Waals surface area (Å²) in [6, 6.07) is 20.3.